The molecule has 26 heavy (non-hydrogen) atoms. The number of aromatic nitrogens is 2. The number of para-hydroxylation sites is 1. The van der Waals surface area contributed by atoms with Gasteiger partial charge in [-0.05, 0) is 36.2 Å². The Kier molecular flexibility index (Phi) is 4.90. The first-order valence-corrected chi connectivity index (χ1v) is 9.90. The van der Waals surface area contributed by atoms with Crippen LogP contribution < -0.4 is 5.32 Å². The maximum Gasteiger partial charge on any atom is 0.251 e. The molecule has 0 aliphatic rings. The lowest BCUT2D eigenvalue weighted by Gasteiger charge is -2.12. The van der Waals surface area contributed by atoms with Crippen LogP contribution >= 0.6 is 0 Å². The molecule has 0 aliphatic carbocycles. The minimum Gasteiger partial charge on any atom is -0.348 e. The summed E-state index contributed by atoms with van der Waals surface area (Å²) in [6.45, 7) is 2.09. The van der Waals surface area contributed by atoms with Crippen LogP contribution in [-0.4, -0.2) is 30.1 Å². The number of aryl methyl sites for hydroxylation is 1. The number of nitrogens with zero attached hydrogens (tertiary/aromatic N) is 2. The Morgan fingerprint density at radius 3 is 2.65 bits per heavy atom. The number of imidazole rings is 1. The van der Waals surface area contributed by atoms with Crippen molar-refractivity contribution in [2.24, 2.45) is 0 Å². The van der Waals surface area contributed by atoms with E-state index in [-0.39, 0.29) is 10.8 Å². The fraction of sp³-hybridized carbons (Fsp3) is 0.158. The van der Waals surface area contributed by atoms with Crippen LogP contribution in [0, 0.1) is 6.92 Å². The molecule has 6 nitrogen and oxygen atoms in total. The number of amides is 1. The van der Waals surface area contributed by atoms with Gasteiger partial charge in [0, 0.05) is 30.8 Å². The second-order valence-corrected chi connectivity index (χ2v) is 8.05. The summed E-state index contributed by atoms with van der Waals surface area (Å²) >= 11 is 0. The zero-order valence-electron chi connectivity index (χ0n) is 14.5. The SMILES string of the molecule is Cc1ccc(S(C)(=O)=O)cc1C(=O)NCc1ccccc1-n1ccnc1. The lowest BCUT2D eigenvalue weighted by molar-refractivity contribution is 0.0950. The van der Waals surface area contributed by atoms with Gasteiger partial charge in [0.25, 0.3) is 5.91 Å². The van der Waals surface area contributed by atoms with Gasteiger partial charge in [-0.2, -0.15) is 0 Å². The molecule has 0 radical (unpaired) electrons. The first-order chi connectivity index (χ1) is 12.4. The molecule has 2 aromatic carbocycles. The molecule has 0 aliphatic heterocycles. The predicted octanol–water partition coefficient (Wildman–Crippen LogP) is 2.51. The molecular formula is C19H19N3O3S. The summed E-state index contributed by atoms with van der Waals surface area (Å²) in [6.07, 6.45) is 6.34. The van der Waals surface area contributed by atoms with Crippen molar-refractivity contribution in [3.05, 3.63) is 77.9 Å². The molecular weight excluding hydrogens is 350 g/mol. The van der Waals surface area contributed by atoms with E-state index in [0.29, 0.717) is 12.1 Å². The molecule has 7 heteroatoms. The van der Waals surface area contributed by atoms with Crippen molar-refractivity contribution in [2.45, 2.75) is 18.4 Å². The Labute approximate surface area is 152 Å². The van der Waals surface area contributed by atoms with Gasteiger partial charge in [0.1, 0.15) is 0 Å². The average Bonchev–Trinajstić information content (AvgIpc) is 3.13. The first-order valence-electron chi connectivity index (χ1n) is 8.01. The van der Waals surface area contributed by atoms with Crippen LogP contribution in [0.4, 0.5) is 0 Å². The number of rotatable bonds is 5. The average molecular weight is 369 g/mol. The standard InChI is InChI=1S/C19H19N3O3S/c1-14-7-8-16(26(2,24)25)11-17(14)19(23)21-12-15-5-3-4-6-18(15)22-10-9-20-13-22/h3-11,13H,12H2,1-2H3,(H,21,23). The second-order valence-electron chi connectivity index (χ2n) is 6.03. The third kappa shape index (κ3) is 3.83. The summed E-state index contributed by atoms with van der Waals surface area (Å²) in [6, 6.07) is 12.3. The van der Waals surface area contributed by atoms with Crippen molar-refractivity contribution < 1.29 is 13.2 Å². The highest BCUT2D eigenvalue weighted by Gasteiger charge is 2.15. The monoisotopic (exact) mass is 369 g/mol. The fourth-order valence-electron chi connectivity index (χ4n) is 2.66. The van der Waals surface area contributed by atoms with E-state index in [0.717, 1.165) is 23.1 Å². The molecule has 1 amide bonds. The Bertz CT molecular complexity index is 1040. The molecule has 0 spiro atoms. The van der Waals surface area contributed by atoms with Crippen LogP contribution in [0.3, 0.4) is 0 Å². The molecule has 0 atom stereocenters. The van der Waals surface area contributed by atoms with E-state index in [4.69, 9.17) is 0 Å². The van der Waals surface area contributed by atoms with Gasteiger partial charge in [-0.3, -0.25) is 4.79 Å². The van der Waals surface area contributed by atoms with Gasteiger partial charge in [-0.25, -0.2) is 13.4 Å². The maximum absolute atomic E-state index is 12.6. The predicted molar refractivity (Wildman–Crippen MR) is 99.0 cm³/mol. The molecule has 3 rings (SSSR count). The Morgan fingerprint density at radius 1 is 1.19 bits per heavy atom. The summed E-state index contributed by atoms with van der Waals surface area (Å²) < 4.78 is 25.3. The summed E-state index contributed by atoms with van der Waals surface area (Å²) in [7, 11) is -3.37. The molecule has 134 valence electrons. The molecule has 1 N–H and O–H groups in total. The highest BCUT2D eigenvalue weighted by molar-refractivity contribution is 7.90. The Morgan fingerprint density at radius 2 is 1.96 bits per heavy atom. The van der Waals surface area contributed by atoms with Crippen molar-refractivity contribution in [1.29, 1.82) is 0 Å². The van der Waals surface area contributed by atoms with Gasteiger partial charge in [0.15, 0.2) is 9.84 Å². The molecule has 0 saturated heterocycles. The normalized spacial score (nSPS) is 11.3. The van der Waals surface area contributed by atoms with Gasteiger partial charge in [0.2, 0.25) is 0 Å². The molecule has 0 fully saturated rings. The summed E-state index contributed by atoms with van der Waals surface area (Å²) in [4.78, 5) is 16.8. The molecule has 3 aromatic rings. The van der Waals surface area contributed by atoms with E-state index >= 15 is 0 Å². The van der Waals surface area contributed by atoms with Crippen LogP contribution in [-0.2, 0) is 16.4 Å². The minimum absolute atomic E-state index is 0.132. The van der Waals surface area contributed by atoms with Gasteiger partial charge < -0.3 is 9.88 Å². The fourth-order valence-corrected chi connectivity index (χ4v) is 3.31. The van der Waals surface area contributed by atoms with Crippen LogP contribution in [0.5, 0.6) is 0 Å². The van der Waals surface area contributed by atoms with Crippen LogP contribution in [0.1, 0.15) is 21.5 Å². The van der Waals surface area contributed by atoms with Crippen LogP contribution in [0.2, 0.25) is 0 Å². The van der Waals surface area contributed by atoms with E-state index in [1.807, 2.05) is 35.0 Å². The van der Waals surface area contributed by atoms with Gasteiger partial charge >= 0.3 is 0 Å². The zero-order chi connectivity index (χ0) is 18.7. The molecule has 1 aromatic heterocycles. The van der Waals surface area contributed by atoms with Crippen molar-refractivity contribution in [3.8, 4) is 5.69 Å². The van der Waals surface area contributed by atoms with Crippen LogP contribution in [0.15, 0.2) is 66.1 Å². The molecule has 1 heterocycles. The second kappa shape index (κ2) is 7.13. The number of sulfone groups is 1. The summed E-state index contributed by atoms with van der Waals surface area (Å²) in [5.41, 5.74) is 2.92. The van der Waals surface area contributed by atoms with Gasteiger partial charge in [-0.1, -0.05) is 24.3 Å². The highest BCUT2D eigenvalue weighted by Crippen LogP contribution is 2.17. The smallest absolute Gasteiger partial charge is 0.251 e. The lowest BCUT2D eigenvalue weighted by Crippen LogP contribution is -2.24. The van der Waals surface area contributed by atoms with Crippen molar-refractivity contribution in [2.75, 3.05) is 6.26 Å². The zero-order valence-corrected chi connectivity index (χ0v) is 15.3. The third-order valence-electron chi connectivity index (χ3n) is 4.10. The largest absolute Gasteiger partial charge is 0.348 e. The maximum atomic E-state index is 12.6. The number of carbonyl (C=O) groups excluding carboxylic acids is 1. The number of carbonyl (C=O) groups is 1. The number of nitrogens with one attached hydrogen (secondary N) is 1. The summed E-state index contributed by atoms with van der Waals surface area (Å²) in [5, 5.41) is 2.87. The number of hydrogen-bond donors (Lipinski definition) is 1. The van der Waals surface area contributed by atoms with Gasteiger partial charge in [-0.15, -0.1) is 0 Å². The van der Waals surface area contributed by atoms with E-state index in [2.05, 4.69) is 10.3 Å². The Hall–Kier alpha value is -2.93. The molecule has 0 bridgehead atoms. The van der Waals surface area contributed by atoms with E-state index in [9.17, 15) is 13.2 Å². The van der Waals surface area contributed by atoms with Crippen molar-refractivity contribution in [1.82, 2.24) is 14.9 Å². The van der Waals surface area contributed by atoms with Crippen molar-refractivity contribution >= 4 is 15.7 Å². The van der Waals surface area contributed by atoms with Crippen LogP contribution in [0.25, 0.3) is 5.69 Å². The first kappa shape index (κ1) is 17.9. The van der Waals surface area contributed by atoms with Gasteiger partial charge in [0.05, 0.1) is 16.9 Å². The van der Waals surface area contributed by atoms with E-state index in [1.165, 1.54) is 12.1 Å². The molecule has 0 saturated carbocycles. The lowest BCUT2D eigenvalue weighted by atomic mass is 10.1. The number of hydrogen-bond acceptors (Lipinski definition) is 4. The third-order valence-corrected chi connectivity index (χ3v) is 5.21. The quantitative estimate of drug-likeness (QED) is 0.749. The topological polar surface area (TPSA) is 81.1 Å². The number of benzene rings is 2. The highest BCUT2D eigenvalue weighted by atomic mass is 32.2. The van der Waals surface area contributed by atoms with E-state index in [1.54, 1.807) is 25.5 Å². The Balaban J connectivity index is 1.83. The van der Waals surface area contributed by atoms with Crippen molar-refractivity contribution in [3.63, 3.8) is 0 Å². The minimum atomic E-state index is -3.37. The molecule has 0 unspecified atom stereocenters. The summed E-state index contributed by atoms with van der Waals surface area (Å²) in [5.74, 6) is -0.312. The van der Waals surface area contributed by atoms with E-state index < -0.39 is 9.84 Å².